The Morgan fingerprint density at radius 1 is 1.10 bits per heavy atom. The van der Waals surface area contributed by atoms with Crippen LogP contribution in [0.5, 0.6) is 5.75 Å². The zero-order valence-corrected chi connectivity index (χ0v) is 17.2. The van der Waals surface area contributed by atoms with Gasteiger partial charge >= 0.3 is 0 Å². The minimum Gasteiger partial charge on any atom is -0.497 e. The first-order valence-corrected chi connectivity index (χ1v) is 10.3. The number of carbonyl (C=O) groups is 1. The van der Waals surface area contributed by atoms with Crippen molar-refractivity contribution in [1.82, 2.24) is 15.1 Å². The highest BCUT2D eigenvalue weighted by Crippen LogP contribution is 2.29. The van der Waals surface area contributed by atoms with Crippen LogP contribution in [0.2, 0.25) is 5.02 Å². The summed E-state index contributed by atoms with van der Waals surface area (Å²) in [4.78, 5) is 13.1. The molecule has 0 unspecified atom stereocenters. The number of nitrogens with one attached hydrogen (secondary N) is 1. The Morgan fingerprint density at radius 2 is 1.83 bits per heavy atom. The molecule has 1 saturated carbocycles. The van der Waals surface area contributed by atoms with Gasteiger partial charge in [0.15, 0.2) is 0 Å². The summed E-state index contributed by atoms with van der Waals surface area (Å²) in [5.41, 5.74) is 2.75. The number of methoxy groups -OCH3 is 1. The molecule has 1 amide bonds. The second kappa shape index (κ2) is 8.70. The van der Waals surface area contributed by atoms with Gasteiger partial charge in [-0.25, -0.2) is 4.68 Å². The van der Waals surface area contributed by atoms with Crippen LogP contribution >= 0.6 is 11.6 Å². The van der Waals surface area contributed by atoms with Gasteiger partial charge in [-0.1, -0.05) is 49.1 Å². The van der Waals surface area contributed by atoms with Crippen LogP contribution in [0, 0.1) is 0 Å². The predicted molar refractivity (Wildman–Crippen MR) is 115 cm³/mol. The average molecular weight is 410 g/mol. The van der Waals surface area contributed by atoms with Crippen LogP contribution in [0.3, 0.4) is 0 Å². The number of nitrogens with zero attached hydrogens (tertiary/aromatic N) is 2. The maximum Gasteiger partial charge on any atom is 0.270 e. The molecule has 3 aromatic rings. The zero-order valence-electron chi connectivity index (χ0n) is 16.4. The van der Waals surface area contributed by atoms with E-state index in [0.717, 1.165) is 42.7 Å². The predicted octanol–water partition coefficient (Wildman–Crippen LogP) is 5.26. The molecular formula is C23H24ClN3O2. The van der Waals surface area contributed by atoms with E-state index >= 15 is 0 Å². The van der Waals surface area contributed by atoms with E-state index in [4.69, 9.17) is 21.4 Å². The number of benzene rings is 2. The van der Waals surface area contributed by atoms with Crippen molar-refractivity contribution in [2.45, 2.75) is 38.1 Å². The molecule has 150 valence electrons. The first kappa shape index (κ1) is 19.5. The van der Waals surface area contributed by atoms with Gasteiger partial charge in [-0.05, 0) is 49.2 Å². The quantitative estimate of drug-likeness (QED) is 0.625. The van der Waals surface area contributed by atoms with Crippen molar-refractivity contribution >= 4 is 17.5 Å². The molecule has 1 fully saturated rings. The van der Waals surface area contributed by atoms with E-state index in [9.17, 15) is 4.79 Å². The molecule has 1 heterocycles. The average Bonchev–Trinajstić information content (AvgIpc) is 3.20. The summed E-state index contributed by atoms with van der Waals surface area (Å²) in [5.74, 6) is 0.638. The minimum atomic E-state index is -0.112. The van der Waals surface area contributed by atoms with E-state index in [-0.39, 0.29) is 11.9 Å². The molecule has 29 heavy (non-hydrogen) atoms. The normalized spacial score (nSPS) is 14.6. The Labute approximate surface area is 175 Å². The van der Waals surface area contributed by atoms with Gasteiger partial charge in [0.2, 0.25) is 0 Å². The van der Waals surface area contributed by atoms with E-state index in [0.29, 0.717) is 16.4 Å². The monoisotopic (exact) mass is 409 g/mol. The molecule has 5 nitrogen and oxygen atoms in total. The molecule has 0 spiro atoms. The lowest BCUT2D eigenvalue weighted by Crippen LogP contribution is -2.37. The van der Waals surface area contributed by atoms with Crippen molar-refractivity contribution in [2.75, 3.05) is 7.11 Å². The van der Waals surface area contributed by atoms with Gasteiger partial charge in [-0.15, -0.1) is 0 Å². The molecule has 1 N–H and O–H groups in total. The van der Waals surface area contributed by atoms with Gasteiger partial charge in [-0.2, -0.15) is 5.10 Å². The fraction of sp³-hybridized carbons (Fsp3) is 0.304. The van der Waals surface area contributed by atoms with Crippen LogP contribution in [0.25, 0.3) is 16.9 Å². The minimum absolute atomic E-state index is 0.112. The largest absolute Gasteiger partial charge is 0.497 e. The Morgan fingerprint density at radius 3 is 2.52 bits per heavy atom. The highest BCUT2D eigenvalue weighted by Gasteiger charge is 2.22. The van der Waals surface area contributed by atoms with Crippen molar-refractivity contribution in [1.29, 1.82) is 0 Å². The van der Waals surface area contributed by atoms with Crippen LogP contribution < -0.4 is 10.1 Å². The van der Waals surface area contributed by atoms with Crippen LogP contribution in [-0.4, -0.2) is 28.8 Å². The van der Waals surface area contributed by atoms with E-state index in [1.807, 2.05) is 54.6 Å². The maximum absolute atomic E-state index is 13.1. The molecule has 1 aliphatic carbocycles. The molecule has 0 saturated heterocycles. The maximum atomic E-state index is 13.1. The number of aromatic nitrogens is 2. The van der Waals surface area contributed by atoms with E-state index < -0.39 is 0 Å². The van der Waals surface area contributed by atoms with Crippen LogP contribution in [0.15, 0.2) is 54.6 Å². The van der Waals surface area contributed by atoms with Crippen LogP contribution in [-0.2, 0) is 0 Å². The van der Waals surface area contributed by atoms with Gasteiger partial charge < -0.3 is 10.1 Å². The number of hydrogen-bond acceptors (Lipinski definition) is 3. The van der Waals surface area contributed by atoms with Gasteiger partial charge in [-0.3, -0.25) is 4.79 Å². The summed E-state index contributed by atoms with van der Waals surface area (Å²) in [5, 5.41) is 8.50. The molecule has 4 rings (SSSR count). The number of halogens is 1. The summed E-state index contributed by atoms with van der Waals surface area (Å²) in [7, 11) is 1.63. The van der Waals surface area contributed by atoms with Crippen molar-refractivity contribution in [3.63, 3.8) is 0 Å². The third kappa shape index (κ3) is 4.30. The van der Waals surface area contributed by atoms with Crippen LogP contribution in [0.1, 0.15) is 42.6 Å². The van der Waals surface area contributed by atoms with E-state index in [2.05, 4.69) is 5.32 Å². The smallest absolute Gasteiger partial charge is 0.270 e. The molecule has 2 aromatic carbocycles. The fourth-order valence-corrected chi connectivity index (χ4v) is 4.00. The van der Waals surface area contributed by atoms with Crippen molar-refractivity contribution in [3.05, 3.63) is 65.3 Å². The molecule has 1 aromatic heterocycles. The summed E-state index contributed by atoms with van der Waals surface area (Å²) < 4.78 is 6.92. The molecule has 0 atom stereocenters. The zero-order chi connectivity index (χ0) is 20.2. The second-order valence-corrected chi connectivity index (χ2v) is 7.72. The molecular weight excluding hydrogens is 386 g/mol. The van der Waals surface area contributed by atoms with Crippen molar-refractivity contribution in [3.8, 4) is 22.7 Å². The lowest BCUT2D eigenvalue weighted by molar-refractivity contribution is 0.0920. The van der Waals surface area contributed by atoms with Crippen LogP contribution in [0.4, 0.5) is 0 Å². The first-order valence-electron chi connectivity index (χ1n) is 9.96. The SMILES string of the molecule is COc1ccc(-n2nc(-c3ccccc3Cl)cc2C(=O)NC2CCCCC2)cc1. The molecule has 1 aliphatic rings. The molecule has 0 bridgehead atoms. The highest BCUT2D eigenvalue weighted by molar-refractivity contribution is 6.33. The Balaban J connectivity index is 1.72. The Hall–Kier alpha value is -2.79. The number of hydrogen-bond donors (Lipinski definition) is 1. The lowest BCUT2D eigenvalue weighted by Gasteiger charge is -2.22. The third-order valence-corrected chi connectivity index (χ3v) is 5.68. The summed E-state index contributed by atoms with van der Waals surface area (Å²) >= 11 is 6.37. The van der Waals surface area contributed by atoms with Crippen molar-refractivity contribution in [2.24, 2.45) is 0 Å². The molecule has 6 heteroatoms. The third-order valence-electron chi connectivity index (χ3n) is 5.35. The fourth-order valence-electron chi connectivity index (χ4n) is 3.77. The van der Waals surface area contributed by atoms with Gasteiger partial charge in [0.25, 0.3) is 5.91 Å². The Bertz CT molecular complexity index is 992. The number of ether oxygens (including phenoxy) is 1. The molecule has 0 aliphatic heterocycles. The summed E-state index contributed by atoms with van der Waals surface area (Å²) in [6.45, 7) is 0. The Kier molecular flexibility index (Phi) is 5.86. The van der Waals surface area contributed by atoms with E-state index in [1.165, 1.54) is 6.42 Å². The van der Waals surface area contributed by atoms with Gasteiger partial charge in [0, 0.05) is 11.6 Å². The van der Waals surface area contributed by atoms with Gasteiger partial charge in [0.05, 0.1) is 23.5 Å². The van der Waals surface area contributed by atoms with E-state index in [1.54, 1.807) is 11.8 Å². The second-order valence-electron chi connectivity index (χ2n) is 7.31. The lowest BCUT2D eigenvalue weighted by atomic mass is 9.95. The highest BCUT2D eigenvalue weighted by atomic mass is 35.5. The number of amides is 1. The first-order chi connectivity index (χ1) is 14.2. The molecule has 0 radical (unpaired) electrons. The topological polar surface area (TPSA) is 56.2 Å². The van der Waals surface area contributed by atoms with Crippen molar-refractivity contribution < 1.29 is 9.53 Å². The number of carbonyl (C=O) groups excluding carboxylic acids is 1. The summed E-state index contributed by atoms with van der Waals surface area (Å²) in [6.07, 6.45) is 5.62. The number of rotatable bonds is 5. The summed E-state index contributed by atoms with van der Waals surface area (Å²) in [6, 6.07) is 17.0. The van der Waals surface area contributed by atoms with Gasteiger partial charge in [0.1, 0.15) is 11.4 Å². The standard InChI is InChI=1S/C23H24ClN3O2/c1-29-18-13-11-17(12-14-18)27-22(23(28)25-16-7-3-2-4-8-16)15-21(26-27)19-9-5-6-10-20(19)24/h5-6,9-16H,2-4,7-8H2,1H3,(H,25,28).